The van der Waals surface area contributed by atoms with Crippen LogP contribution in [0.3, 0.4) is 0 Å². The number of rotatable bonds is 7. The van der Waals surface area contributed by atoms with Crippen molar-refractivity contribution in [2.24, 2.45) is 0 Å². The maximum Gasteiger partial charge on any atom is 0.261 e. The molecule has 38 heavy (non-hydrogen) atoms. The minimum Gasteiger partial charge on any atom is -0.484 e. The fourth-order valence-corrected chi connectivity index (χ4v) is 5.33. The van der Waals surface area contributed by atoms with Gasteiger partial charge in [-0.15, -0.1) is 0 Å². The number of hydrogen-bond donors (Lipinski definition) is 0. The lowest BCUT2D eigenvalue weighted by Crippen LogP contribution is -2.48. The van der Waals surface area contributed by atoms with E-state index in [1.165, 1.54) is 0 Å². The number of para-hydroxylation sites is 2. The molecule has 1 saturated carbocycles. The highest BCUT2D eigenvalue weighted by atomic mass is 35.5. The average Bonchev–Trinajstić information content (AvgIpc) is 3.65. The van der Waals surface area contributed by atoms with Gasteiger partial charge in [0.15, 0.2) is 6.61 Å². The zero-order valence-corrected chi connectivity index (χ0v) is 21.8. The Labute approximate surface area is 227 Å². The summed E-state index contributed by atoms with van der Waals surface area (Å²) in [5, 5.41) is 0.602. The molecular weight excluding hydrogens is 498 g/mol. The molecule has 1 aromatic heterocycles. The minimum absolute atomic E-state index is 0.00909. The molecule has 2 heterocycles. The molecule has 192 valence electrons. The number of fused-ring (bicyclic) bond motifs is 3. The third kappa shape index (κ3) is 4.68. The van der Waals surface area contributed by atoms with Crippen LogP contribution in [0.2, 0.25) is 5.02 Å². The molecule has 1 atom stereocenters. The van der Waals surface area contributed by atoms with E-state index in [2.05, 4.69) is 35.8 Å². The summed E-state index contributed by atoms with van der Waals surface area (Å²) in [6.45, 7) is 1.91. The summed E-state index contributed by atoms with van der Waals surface area (Å²) in [6.07, 6.45) is 3.81. The predicted molar refractivity (Wildman–Crippen MR) is 148 cm³/mol. The van der Waals surface area contributed by atoms with Crippen molar-refractivity contribution in [2.45, 2.75) is 31.8 Å². The summed E-state index contributed by atoms with van der Waals surface area (Å²) in [6, 6.07) is 26.9. The van der Waals surface area contributed by atoms with E-state index < -0.39 is 0 Å². The van der Waals surface area contributed by atoms with Crippen molar-refractivity contribution in [1.29, 1.82) is 0 Å². The zero-order valence-electron chi connectivity index (χ0n) is 21.1. The zero-order chi connectivity index (χ0) is 26.2. The first-order chi connectivity index (χ1) is 18.5. The third-order valence-corrected chi connectivity index (χ3v) is 7.39. The van der Waals surface area contributed by atoms with Crippen molar-refractivity contribution in [3.05, 3.63) is 113 Å². The molecule has 6 nitrogen and oxygen atoms in total. The lowest BCUT2D eigenvalue weighted by Gasteiger charge is -2.39. The maximum atomic E-state index is 14.2. The molecule has 1 fully saturated rings. The first-order valence-electron chi connectivity index (χ1n) is 12.8. The summed E-state index contributed by atoms with van der Waals surface area (Å²) in [5.41, 5.74) is 4.94. The molecule has 0 radical (unpaired) electrons. The molecule has 1 aliphatic carbocycles. The van der Waals surface area contributed by atoms with Gasteiger partial charge >= 0.3 is 0 Å². The summed E-state index contributed by atoms with van der Waals surface area (Å²) >= 11 is 5.96. The first kappa shape index (κ1) is 24.3. The van der Waals surface area contributed by atoms with Crippen molar-refractivity contribution >= 4 is 29.1 Å². The van der Waals surface area contributed by atoms with Gasteiger partial charge in [-0.3, -0.25) is 14.5 Å². The highest BCUT2D eigenvalue weighted by molar-refractivity contribution is 6.30. The Morgan fingerprint density at radius 1 is 0.947 bits per heavy atom. The lowest BCUT2D eigenvalue weighted by atomic mass is 9.96. The largest absolute Gasteiger partial charge is 0.484 e. The van der Waals surface area contributed by atoms with Crippen LogP contribution in [0, 0.1) is 6.92 Å². The molecule has 0 saturated heterocycles. The van der Waals surface area contributed by atoms with Gasteiger partial charge in [0.2, 0.25) is 5.91 Å². The van der Waals surface area contributed by atoms with Crippen molar-refractivity contribution < 1.29 is 14.3 Å². The molecule has 2 amide bonds. The minimum atomic E-state index is -0.311. The summed E-state index contributed by atoms with van der Waals surface area (Å²) in [5.74, 6) is 0.245. The van der Waals surface area contributed by atoms with Gasteiger partial charge in [0, 0.05) is 17.3 Å². The van der Waals surface area contributed by atoms with Crippen LogP contribution in [-0.4, -0.2) is 40.5 Å². The van der Waals surface area contributed by atoms with E-state index in [1.54, 1.807) is 29.2 Å². The van der Waals surface area contributed by atoms with Crippen LogP contribution in [0.1, 0.15) is 35.7 Å². The van der Waals surface area contributed by atoms with Gasteiger partial charge in [0.25, 0.3) is 5.91 Å². The fourth-order valence-electron chi connectivity index (χ4n) is 5.21. The monoisotopic (exact) mass is 525 g/mol. The number of aryl methyl sites for hydroxylation is 1. The van der Waals surface area contributed by atoms with E-state index in [-0.39, 0.29) is 37.0 Å². The molecule has 1 unspecified atom stereocenters. The van der Waals surface area contributed by atoms with Crippen LogP contribution in [0.4, 0.5) is 5.69 Å². The third-order valence-electron chi connectivity index (χ3n) is 7.14. The van der Waals surface area contributed by atoms with E-state index in [0.717, 1.165) is 41.0 Å². The first-order valence-corrected chi connectivity index (χ1v) is 13.2. The molecule has 4 aromatic rings. The average molecular weight is 526 g/mol. The fraction of sp³-hybridized carbons (Fsp3) is 0.226. The summed E-state index contributed by atoms with van der Waals surface area (Å²) in [4.78, 5) is 31.0. The number of hydrogen-bond acceptors (Lipinski definition) is 3. The number of carbonyl (C=O) groups excluding carboxylic acids is 2. The number of benzene rings is 3. The van der Waals surface area contributed by atoms with Gasteiger partial charge < -0.3 is 14.2 Å². The van der Waals surface area contributed by atoms with Crippen molar-refractivity contribution in [3.63, 3.8) is 0 Å². The van der Waals surface area contributed by atoms with Crippen LogP contribution < -0.4 is 9.64 Å². The van der Waals surface area contributed by atoms with E-state index in [9.17, 15) is 9.59 Å². The Kier molecular flexibility index (Phi) is 6.42. The van der Waals surface area contributed by atoms with Gasteiger partial charge in [-0.05, 0) is 73.9 Å². The van der Waals surface area contributed by atoms with Crippen LogP contribution in [0.25, 0.3) is 5.69 Å². The number of carbonyl (C=O) groups is 2. The Morgan fingerprint density at radius 3 is 2.45 bits per heavy atom. The number of halogens is 1. The molecule has 7 heteroatoms. The normalized spacial score (nSPS) is 15.9. The number of anilines is 1. The topological polar surface area (TPSA) is 54.8 Å². The van der Waals surface area contributed by atoms with E-state index in [1.807, 2.05) is 47.5 Å². The SMILES string of the molecule is Cc1cccc(C2c3cccn3-c3ccccc3N2C(=O)CN(C(=O)COc2ccc(Cl)cc2)C2CC2)c1. The predicted octanol–water partition coefficient (Wildman–Crippen LogP) is 5.95. The standard InChI is InChI=1S/C31H28ClN3O3/c1-21-6-4-7-22(18-21)31-28-10-5-17-33(28)26-8-2-3-9-27(26)35(31)29(36)19-34(24-13-14-24)30(37)20-38-25-15-11-23(32)12-16-25/h2-12,15-18,24,31H,13-14,19-20H2,1H3. The number of ether oxygens (including phenoxy) is 1. The second-order valence-corrected chi connectivity index (χ2v) is 10.3. The van der Waals surface area contributed by atoms with Crippen molar-refractivity contribution in [3.8, 4) is 11.4 Å². The summed E-state index contributed by atoms with van der Waals surface area (Å²) in [7, 11) is 0. The van der Waals surface area contributed by atoms with E-state index in [0.29, 0.717) is 10.8 Å². The molecule has 0 N–H and O–H groups in total. The van der Waals surface area contributed by atoms with Crippen LogP contribution in [-0.2, 0) is 9.59 Å². The van der Waals surface area contributed by atoms with Gasteiger partial charge in [-0.25, -0.2) is 0 Å². The molecule has 2 aliphatic rings. The van der Waals surface area contributed by atoms with Gasteiger partial charge in [-0.1, -0.05) is 53.6 Å². The molecule has 6 rings (SSSR count). The lowest BCUT2D eigenvalue weighted by molar-refractivity contribution is -0.137. The van der Waals surface area contributed by atoms with Gasteiger partial charge in [-0.2, -0.15) is 0 Å². The van der Waals surface area contributed by atoms with Crippen LogP contribution in [0.5, 0.6) is 5.75 Å². The van der Waals surface area contributed by atoms with E-state index in [4.69, 9.17) is 16.3 Å². The van der Waals surface area contributed by atoms with Crippen molar-refractivity contribution in [2.75, 3.05) is 18.1 Å². The molecule has 3 aromatic carbocycles. The second-order valence-electron chi connectivity index (χ2n) is 9.87. The van der Waals surface area contributed by atoms with Crippen LogP contribution >= 0.6 is 11.6 Å². The Hall–Kier alpha value is -4.03. The highest BCUT2D eigenvalue weighted by Crippen LogP contribution is 2.42. The Balaban J connectivity index is 1.31. The number of nitrogens with zero attached hydrogens (tertiary/aromatic N) is 3. The highest BCUT2D eigenvalue weighted by Gasteiger charge is 2.40. The Morgan fingerprint density at radius 2 is 1.71 bits per heavy atom. The van der Waals surface area contributed by atoms with Gasteiger partial charge in [0.05, 0.1) is 17.1 Å². The molecule has 0 spiro atoms. The van der Waals surface area contributed by atoms with Crippen molar-refractivity contribution in [1.82, 2.24) is 9.47 Å². The summed E-state index contributed by atoms with van der Waals surface area (Å²) < 4.78 is 7.88. The molecular formula is C31H28ClN3O3. The quantitative estimate of drug-likeness (QED) is 0.300. The van der Waals surface area contributed by atoms with E-state index >= 15 is 0 Å². The van der Waals surface area contributed by atoms with Gasteiger partial charge in [0.1, 0.15) is 18.3 Å². The molecule has 0 bridgehead atoms. The number of amides is 2. The Bertz CT molecular complexity index is 1490. The maximum absolute atomic E-state index is 14.2. The molecule has 1 aliphatic heterocycles. The smallest absolute Gasteiger partial charge is 0.261 e. The number of aromatic nitrogens is 1. The second kappa shape index (κ2) is 10.0. The van der Waals surface area contributed by atoms with Crippen LogP contribution in [0.15, 0.2) is 91.1 Å².